The molecule has 1 aliphatic rings. The van der Waals surface area contributed by atoms with Crippen LogP contribution in [0.1, 0.15) is 45.6 Å². The molecule has 1 aliphatic carbocycles. The van der Waals surface area contributed by atoms with Crippen LogP contribution in [0, 0.1) is 5.41 Å². The maximum absolute atomic E-state index is 12.4. The summed E-state index contributed by atoms with van der Waals surface area (Å²) in [5.41, 5.74) is 7.66. The molecule has 1 fully saturated rings. The van der Waals surface area contributed by atoms with E-state index in [0.29, 0.717) is 19.0 Å². The van der Waals surface area contributed by atoms with Crippen molar-refractivity contribution < 1.29 is 4.79 Å². The summed E-state index contributed by atoms with van der Waals surface area (Å²) in [7, 11) is 0. The molecule has 104 valence electrons. The quantitative estimate of drug-likeness (QED) is 0.845. The van der Waals surface area contributed by atoms with Gasteiger partial charge in [0.1, 0.15) is 0 Å². The van der Waals surface area contributed by atoms with Gasteiger partial charge in [-0.2, -0.15) is 0 Å². The largest absolute Gasteiger partial charge is 0.399 e. The van der Waals surface area contributed by atoms with E-state index in [9.17, 15) is 4.79 Å². The van der Waals surface area contributed by atoms with Crippen molar-refractivity contribution in [2.45, 2.75) is 52.6 Å². The average Bonchev–Trinajstić information content (AvgIpc) is 3.09. The van der Waals surface area contributed by atoms with Crippen LogP contribution in [0.15, 0.2) is 24.3 Å². The normalized spacial score (nSPS) is 15.3. The standard InChI is InChI=1S/C16H24N2O/c1-16(2,3)10-15(19)18(14-8-9-14)11-12-4-6-13(17)7-5-12/h4-7,14H,8-11,17H2,1-3H3. The number of nitrogens with zero attached hydrogens (tertiary/aromatic N) is 1. The second-order valence-corrected chi connectivity index (χ2v) is 6.73. The van der Waals surface area contributed by atoms with Crippen molar-refractivity contribution in [2.75, 3.05) is 5.73 Å². The van der Waals surface area contributed by atoms with E-state index >= 15 is 0 Å². The number of carbonyl (C=O) groups is 1. The van der Waals surface area contributed by atoms with E-state index in [-0.39, 0.29) is 11.3 Å². The minimum Gasteiger partial charge on any atom is -0.399 e. The van der Waals surface area contributed by atoms with Crippen molar-refractivity contribution in [1.29, 1.82) is 0 Å². The molecule has 1 amide bonds. The summed E-state index contributed by atoms with van der Waals surface area (Å²) in [6.45, 7) is 7.04. The van der Waals surface area contributed by atoms with Crippen LogP contribution in [-0.2, 0) is 11.3 Å². The molecule has 0 radical (unpaired) electrons. The molecular formula is C16H24N2O. The van der Waals surface area contributed by atoms with Gasteiger partial charge in [0.2, 0.25) is 5.91 Å². The van der Waals surface area contributed by atoms with Crippen LogP contribution in [0.2, 0.25) is 0 Å². The zero-order valence-corrected chi connectivity index (χ0v) is 12.1. The van der Waals surface area contributed by atoms with Crippen molar-refractivity contribution >= 4 is 11.6 Å². The van der Waals surface area contributed by atoms with E-state index in [4.69, 9.17) is 5.73 Å². The molecule has 0 saturated heterocycles. The van der Waals surface area contributed by atoms with E-state index in [1.807, 2.05) is 29.2 Å². The Morgan fingerprint density at radius 2 is 1.84 bits per heavy atom. The van der Waals surface area contributed by atoms with Crippen LogP contribution in [0.25, 0.3) is 0 Å². The highest BCUT2D eigenvalue weighted by Gasteiger charge is 2.33. The molecule has 1 aromatic carbocycles. The number of hydrogen-bond acceptors (Lipinski definition) is 2. The highest BCUT2D eigenvalue weighted by atomic mass is 16.2. The number of nitrogens with two attached hydrogens (primary N) is 1. The highest BCUT2D eigenvalue weighted by Crippen LogP contribution is 2.31. The Morgan fingerprint density at radius 1 is 1.26 bits per heavy atom. The third kappa shape index (κ3) is 4.27. The van der Waals surface area contributed by atoms with Gasteiger partial charge in [0.15, 0.2) is 0 Å². The number of benzene rings is 1. The molecule has 0 spiro atoms. The van der Waals surface area contributed by atoms with Gasteiger partial charge >= 0.3 is 0 Å². The van der Waals surface area contributed by atoms with Crippen molar-refractivity contribution in [2.24, 2.45) is 5.41 Å². The maximum Gasteiger partial charge on any atom is 0.223 e. The number of amides is 1. The second kappa shape index (κ2) is 5.24. The van der Waals surface area contributed by atoms with Gasteiger partial charge < -0.3 is 10.6 Å². The number of anilines is 1. The zero-order valence-electron chi connectivity index (χ0n) is 12.1. The van der Waals surface area contributed by atoms with Crippen LogP contribution in [0.4, 0.5) is 5.69 Å². The molecule has 0 bridgehead atoms. The summed E-state index contributed by atoms with van der Waals surface area (Å²) in [4.78, 5) is 14.5. The first-order valence-corrected chi connectivity index (χ1v) is 6.99. The Hall–Kier alpha value is -1.51. The molecule has 2 N–H and O–H groups in total. The molecule has 0 aromatic heterocycles. The zero-order chi connectivity index (χ0) is 14.0. The van der Waals surface area contributed by atoms with Crippen molar-refractivity contribution in [3.05, 3.63) is 29.8 Å². The second-order valence-electron chi connectivity index (χ2n) is 6.73. The maximum atomic E-state index is 12.4. The first kappa shape index (κ1) is 13.9. The summed E-state index contributed by atoms with van der Waals surface area (Å²) in [6, 6.07) is 8.26. The van der Waals surface area contributed by atoms with Crippen molar-refractivity contribution in [3.8, 4) is 0 Å². The Balaban J connectivity index is 2.04. The molecule has 1 aromatic rings. The Kier molecular flexibility index (Phi) is 3.83. The minimum absolute atomic E-state index is 0.0470. The van der Waals surface area contributed by atoms with Crippen LogP contribution in [0.3, 0.4) is 0 Å². The first-order chi connectivity index (χ1) is 8.85. The lowest BCUT2D eigenvalue weighted by Crippen LogP contribution is -2.34. The molecule has 0 unspecified atom stereocenters. The predicted molar refractivity (Wildman–Crippen MR) is 78.5 cm³/mol. The lowest BCUT2D eigenvalue weighted by atomic mass is 9.91. The summed E-state index contributed by atoms with van der Waals surface area (Å²) in [5.74, 6) is 0.270. The smallest absolute Gasteiger partial charge is 0.223 e. The molecule has 3 nitrogen and oxygen atoms in total. The number of nitrogen functional groups attached to an aromatic ring is 1. The van der Waals surface area contributed by atoms with Gasteiger partial charge in [0.25, 0.3) is 0 Å². The summed E-state index contributed by atoms with van der Waals surface area (Å²) in [5, 5.41) is 0. The number of carbonyl (C=O) groups excluding carboxylic acids is 1. The topological polar surface area (TPSA) is 46.3 Å². The summed E-state index contributed by atoms with van der Waals surface area (Å²) in [6.07, 6.45) is 2.90. The van der Waals surface area contributed by atoms with Crippen LogP contribution in [0.5, 0.6) is 0 Å². The van der Waals surface area contributed by atoms with E-state index in [0.717, 1.165) is 24.1 Å². The fourth-order valence-electron chi connectivity index (χ4n) is 2.18. The number of hydrogen-bond donors (Lipinski definition) is 1. The monoisotopic (exact) mass is 260 g/mol. The highest BCUT2D eigenvalue weighted by molar-refractivity contribution is 5.77. The van der Waals surface area contributed by atoms with Gasteiger partial charge in [0.05, 0.1) is 0 Å². The van der Waals surface area contributed by atoms with Gasteiger partial charge in [0, 0.05) is 24.7 Å². The SMILES string of the molecule is CC(C)(C)CC(=O)N(Cc1ccc(N)cc1)C1CC1. The Labute approximate surface area is 115 Å². The molecule has 0 aliphatic heterocycles. The Morgan fingerprint density at radius 3 is 2.32 bits per heavy atom. The number of rotatable bonds is 4. The molecule has 0 atom stereocenters. The fraction of sp³-hybridized carbons (Fsp3) is 0.562. The van der Waals surface area contributed by atoms with E-state index < -0.39 is 0 Å². The average molecular weight is 260 g/mol. The van der Waals surface area contributed by atoms with Gasteiger partial charge in [-0.1, -0.05) is 32.9 Å². The first-order valence-electron chi connectivity index (χ1n) is 6.99. The van der Waals surface area contributed by atoms with E-state index in [2.05, 4.69) is 20.8 Å². The van der Waals surface area contributed by atoms with Gasteiger partial charge in [-0.15, -0.1) is 0 Å². The molecule has 0 heterocycles. The minimum atomic E-state index is 0.0470. The molecule has 3 heteroatoms. The third-order valence-electron chi connectivity index (χ3n) is 3.32. The van der Waals surface area contributed by atoms with Gasteiger partial charge in [-0.3, -0.25) is 4.79 Å². The lowest BCUT2D eigenvalue weighted by Gasteiger charge is -2.27. The lowest BCUT2D eigenvalue weighted by molar-refractivity contribution is -0.134. The molecule has 19 heavy (non-hydrogen) atoms. The fourth-order valence-corrected chi connectivity index (χ4v) is 2.18. The Bertz CT molecular complexity index is 441. The molecule has 1 saturated carbocycles. The van der Waals surface area contributed by atoms with Crippen LogP contribution in [-0.4, -0.2) is 16.8 Å². The third-order valence-corrected chi connectivity index (χ3v) is 3.32. The van der Waals surface area contributed by atoms with Crippen molar-refractivity contribution in [1.82, 2.24) is 4.90 Å². The molecular weight excluding hydrogens is 236 g/mol. The van der Waals surface area contributed by atoms with Crippen LogP contribution < -0.4 is 5.73 Å². The summed E-state index contributed by atoms with van der Waals surface area (Å²) >= 11 is 0. The van der Waals surface area contributed by atoms with Gasteiger partial charge in [-0.05, 0) is 36.0 Å². The van der Waals surface area contributed by atoms with E-state index in [1.165, 1.54) is 0 Å². The van der Waals surface area contributed by atoms with Crippen molar-refractivity contribution in [3.63, 3.8) is 0 Å². The van der Waals surface area contributed by atoms with Crippen LogP contribution >= 0.6 is 0 Å². The predicted octanol–water partition coefficient (Wildman–Crippen LogP) is 3.20. The summed E-state index contributed by atoms with van der Waals surface area (Å²) < 4.78 is 0. The van der Waals surface area contributed by atoms with E-state index in [1.54, 1.807) is 0 Å². The van der Waals surface area contributed by atoms with Gasteiger partial charge in [-0.25, -0.2) is 0 Å². The molecule has 2 rings (SSSR count).